The number of piperidine rings is 1. The molecule has 0 aliphatic carbocycles. The van der Waals surface area contributed by atoms with Crippen molar-refractivity contribution in [3.8, 4) is 5.75 Å². The normalized spacial score (nSPS) is 21.9. The van der Waals surface area contributed by atoms with Gasteiger partial charge in [0.15, 0.2) is 0 Å². The zero-order chi connectivity index (χ0) is 24.2. The van der Waals surface area contributed by atoms with E-state index in [2.05, 4.69) is 34.1 Å². The Morgan fingerprint density at radius 3 is 2.69 bits per heavy atom. The van der Waals surface area contributed by atoms with Crippen molar-refractivity contribution in [3.63, 3.8) is 0 Å². The third kappa shape index (κ3) is 5.85. The molecule has 1 saturated heterocycles. The average Bonchev–Trinajstić information content (AvgIpc) is 2.86. The number of aliphatic hydroxyl groups is 1. The van der Waals surface area contributed by atoms with Crippen LogP contribution in [0.15, 0.2) is 42.5 Å². The third-order valence-electron chi connectivity index (χ3n) is 7.52. The van der Waals surface area contributed by atoms with Gasteiger partial charge in [-0.3, -0.25) is 14.6 Å². The number of β-amino-alcohol motifs (C(OH)–C–C–N with tert-alkyl or cyclic N) is 1. The molecule has 3 heterocycles. The highest BCUT2D eigenvalue weighted by molar-refractivity contribution is 5.97. The minimum Gasteiger partial charge on any atom is -0.489 e. The first-order chi connectivity index (χ1) is 17.1. The second kappa shape index (κ2) is 11.1. The lowest BCUT2D eigenvalue weighted by Crippen LogP contribution is -2.46. The van der Waals surface area contributed by atoms with Crippen molar-refractivity contribution in [2.45, 2.75) is 44.4 Å². The highest BCUT2D eigenvalue weighted by Gasteiger charge is 2.28. The molecule has 0 aromatic heterocycles. The van der Waals surface area contributed by atoms with E-state index in [1.54, 1.807) is 4.90 Å². The molecular formula is C28H36FN3O3. The van der Waals surface area contributed by atoms with Crippen LogP contribution in [0, 0.1) is 0 Å². The smallest absolute Gasteiger partial charge is 0.254 e. The van der Waals surface area contributed by atoms with Crippen LogP contribution in [-0.2, 0) is 19.4 Å². The lowest BCUT2D eigenvalue weighted by atomic mass is 9.98. The topological polar surface area (TPSA) is 56.3 Å². The van der Waals surface area contributed by atoms with E-state index in [0.717, 1.165) is 63.2 Å². The zero-order valence-corrected chi connectivity index (χ0v) is 20.4. The molecule has 0 radical (unpaired) electrons. The van der Waals surface area contributed by atoms with E-state index >= 15 is 0 Å². The summed E-state index contributed by atoms with van der Waals surface area (Å²) in [4.78, 5) is 19.3. The summed E-state index contributed by atoms with van der Waals surface area (Å²) in [5.74, 6) is 0.759. The van der Waals surface area contributed by atoms with Crippen molar-refractivity contribution in [2.75, 3.05) is 52.5 Å². The predicted molar refractivity (Wildman–Crippen MR) is 134 cm³/mol. The summed E-state index contributed by atoms with van der Waals surface area (Å²) in [6, 6.07) is 14.2. The second-order valence-corrected chi connectivity index (χ2v) is 10.1. The summed E-state index contributed by atoms with van der Waals surface area (Å²) in [6.45, 7) is 5.10. The number of amides is 1. The standard InChI is InChI=1S/C28H36FN3O3/c29-11-15-30-12-3-6-26(20-30)35-25-7-8-27-22(16-25)10-14-32(28(27)34)19-24(33)18-31-13-9-21-4-1-2-5-23(21)17-31/h1-2,4-5,7-8,16,24,26,33H,3,6,9-15,17-20H2. The average molecular weight is 482 g/mol. The van der Waals surface area contributed by atoms with Gasteiger partial charge in [0.05, 0.1) is 6.10 Å². The summed E-state index contributed by atoms with van der Waals surface area (Å²) in [5.41, 5.74) is 4.42. The van der Waals surface area contributed by atoms with Gasteiger partial charge in [-0.25, -0.2) is 4.39 Å². The van der Waals surface area contributed by atoms with E-state index in [0.29, 0.717) is 31.7 Å². The first kappa shape index (κ1) is 24.2. The van der Waals surface area contributed by atoms with Crippen molar-refractivity contribution < 1.29 is 19.0 Å². The van der Waals surface area contributed by atoms with E-state index in [9.17, 15) is 14.3 Å². The van der Waals surface area contributed by atoms with Gasteiger partial charge in [0.1, 0.15) is 18.5 Å². The first-order valence-electron chi connectivity index (χ1n) is 12.9. The third-order valence-corrected chi connectivity index (χ3v) is 7.52. The van der Waals surface area contributed by atoms with Gasteiger partial charge in [0, 0.05) is 51.4 Å². The van der Waals surface area contributed by atoms with Crippen LogP contribution in [0.1, 0.15) is 39.9 Å². The Kier molecular flexibility index (Phi) is 7.66. The van der Waals surface area contributed by atoms with Gasteiger partial charge in [0.25, 0.3) is 5.91 Å². The maximum atomic E-state index is 13.1. The van der Waals surface area contributed by atoms with Crippen LogP contribution >= 0.6 is 0 Å². The maximum Gasteiger partial charge on any atom is 0.254 e. The van der Waals surface area contributed by atoms with E-state index in [1.165, 1.54) is 11.1 Å². The van der Waals surface area contributed by atoms with Gasteiger partial charge in [-0.1, -0.05) is 24.3 Å². The number of carbonyl (C=O) groups is 1. The molecule has 2 aromatic rings. The summed E-state index contributed by atoms with van der Waals surface area (Å²) >= 11 is 0. The molecule has 0 bridgehead atoms. The lowest BCUT2D eigenvalue weighted by molar-refractivity contribution is 0.0492. The molecular weight excluding hydrogens is 445 g/mol. The number of halogens is 1. The number of alkyl halides is 1. The van der Waals surface area contributed by atoms with Crippen LogP contribution in [0.25, 0.3) is 0 Å². The van der Waals surface area contributed by atoms with Crippen molar-refractivity contribution in [2.24, 2.45) is 0 Å². The molecule has 35 heavy (non-hydrogen) atoms. The van der Waals surface area contributed by atoms with Gasteiger partial charge in [-0.15, -0.1) is 0 Å². The first-order valence-corrected chi connectivity index (χ1v) is 12.9. The van der Waals surface area contributed by atoms with Crippen LogP contribution in [0.2, 0.25) is 0 Å². The maximum absolute atomic E-state index is 13.1. The van der Waals surface area contributed by atoms with Gasteiger partial charge in [0.2, 0.25) is 0 Å². The molecule has 7 heteroatoms. The Balaban J connectivity index is 1.15. The molecule has 1 fully saturated rings. The molecule has 0 saturated carbocycles. The minimum atomic E-state index is -0.577. The van der Waals surface area contributed by atoms with Crippen molar-refractivity contribution in [1.29, 1.82) is 0 Å². The number of hydrogen-bond donors (Lipinski definition) is 1. The number of nitrogens with zero attached hydrogens (tertiary/aromatic N) is 3. The quantitative estimate of drug-likeness (QED) is 0.629. The lowest BCUT2D eigenvalue weighted by Gasteiger charge is -2.34. The number of likely N-dealkylation sites (tertiary alicyclic amines) is 1. The SMILES string of the molecule is O=C1c2ccc(OC3CCCN(CCF)C3)cc2CCN1CC(O)CN1CCc2ccccc2C1. The molecule has 2 unspecified atom stereocenters. The molecule has 1 amide bonds. The van der Waals surface area contributed by atoms with Gasteiger partial charge in [-0.2, -0.15) is 0 Å². The van der Waals surface area contributed by atoms with E-state index < -0.39 is 6.10 Å². The second-order valence-electron chi connectivity index (χ2n) is 10.1. The van der Waals surface area contributed by atoms with E-state index in [4.69, 9.17) is 4.74 Å². The van der Waals surface area contributed by atoms with Gasteiger partial charge >= 0.3 is 0 Å². The zero-order valence-electron chi connectivity index (χ0n) is 20.4. The monoisotopic (exact) mass is 481 g/mol. The molecule has 0 spiro atoms. The fourth-order valence-corrected chi connectivity index (χ4v) is 5.70. The van der Waals surface area contributed by atoms with E-state index in [1.807, 2.05) is 18.2 Å². The summed E-state index contributed by atoms with van der Waals surface area (Å²) in [5, 5.41) is 10.8. The molecule has 1 N–H and O–H groups in total. The number of rotatable bonds is 8. The Morgan fingerprint density at radius 2 is 1.83 bits per heavy atom. The number of fused-ring (bicyclic) bond motifs is 2. The predicted octanol–water partition coefficient (Wildman–Crippen LogP) is 2.92. The number of benzene rings is 2. The van der Waals surface area contributed by atoms with Crippen molar-refractivity contribution in [1.82, 2.24) is 14.7 Å². The molecule has 5 rings (SSSR count). The summed E-state index contributed by atoms with van der Waals surface area (Å²) in [7, 11) is 0. The van der Waals surface area contributed by atoms with Crippen molar-refractivity contribution in [3.05, 3.63) is 64.7 Å². The Labute approximate surface area is 207 Å². The van der Waals surface area contributed by atoms with Crippen molar-refractivity contribution >= 4 is 5.91 Å². The Hall–Kier alpha value is -2.48. The van der Waals surface area contributed by atoms with Crippen LogP contribution in [0.3, 0.4) is 0 Å². The Bertz CT molecular complexity index is 1030. The number of ether oxygens (including phenoxy) is 1. The number of hydrogen-bond acceptors (Lipinski definition) is 5. The molecule has 2 atom stereocenters. The molecule has 188 valence electrons. The highest BCUT2D eigenvalue weighted by Crippen LogP contribution is 2.26. The van der Waals surface area contributed by atoms with Crippen LogP contribution in [0.4, 0.5) is 4.39 Å². The van der Waals surface area contributed by atoms with E-state index in [-0.39, 0.29) is 18.7 Å². The number of aliphatic hydroxyl groups excluding tert-OH is 1. The summed E-state index contributed by atoms with van der Waals surface area (Å²) < 4.78 is 18.9. The molecule has 3 aliphatic rings. The molecule has 2 aromatic carbocycles. The van der Waals surface area contributed by atoms with Gasteiger partial charge < -0.3 is 14.7 Å². The molecule has 6 nitrogen and oxygen atoms in total. The summed E-state index contributed by atoms with van der Waals surface area (Å²) in [6.07, 6.45) is 3.20. The number of carbonyl (C=O) groups excluding carboxylic acids is 1. The van der Waals surface area contributed by atoms with Crippen LogP contribution < -0.4 is 4.74 Å². The van der Waals surface area contributed by atoms with Gasteiger partial charge in [-0.05, 0) is 67.1 Å². The van der Waals surface area contributed by atoms with Crippen LogP contribution in [-0.4, -0.2) is 90.4 Å². The fraction of sp³-hybridized carbons (Fsp3) is 0.536. The van der Waals surface area contributed by atoms with Crippen LogP contribution in [0.5, 0.6) is 5.75 Å². The Morgan fingerprint density at radius 1 is 1.00 bits per heavy atom. The fourth-order valence-electron chi connectivity index (χ4n) is 5.70. The minimum absolute atomic E-state index is 0.0207. The molecule has 3 aliphatic heterocycles. The largest absolute Gasteiger partial charge is 0.489 e. The highest BCUT2D eigenvalue weighted by atomic mass is 19.1.